The van der Waals surface area contributed by atoms with Crippen LogP contribution in [-0.2, 0) is 0 Å². The average Bonchev–Trinajstić information content (AvgIpc) is 2.48. The first kappa shape index (κ1) is 13.0. The smallest absolute Gasteiger partial charge is 0.132 e. The lowest BCUT2D eigenvalue weighted by atomic mass is 9.92. The Morgan fingerprint density at radius 2 is 1.75 bits per heavy atom. The van der Waals surface area contributed by atoms with Crippen LogP contribution in [0, 0.1) is 13.8 Å². The van der Waals surface area contributed by atoms with Crippen molar-refractivity contribution < 1.29 is 0 Å². The fraction of sp³-hybridized carbons (Fsp3) is 0.467. The van der Waals surface area contributed by atoms with E-state index < -0.39 is 0 Å². The third kappa shape index (κ3) is 2.61. The van der Waals surface area contributed by atoms with Crippen molar-refractivity contribution in [2.24, 2.45) is 0 Å². The third-order valence-corrected chi connectivity index (χ3v) is 3.91. The van der Waals surface area contributed by atoms with Crippen LogP contribution in [0.15, 0.2) is 24.8 Å². The molecule has 0 atom stereocenters. The number of hydrogen-bond acceptors (Lipinski definition) is 5. The van der Waals surface area contributed by atoms with E-state index in [9.17, 15) is 0 Å². The van der Waals surface area contributed by atoms with E-state index in [1.54, 1.807) is 18.7 Å². The molecule has 0 spiro atoms. The first-order chi connectivity index (χ1) is 9.74. The third-order valence-electron chi connectivity index (χ3n) is 3.91. The molecule has 0 amide bonds. The van der Waals surface area contributed by atoms with Crippen LogP contribution in [-0.4, -0.2) is 33.0 Å². The Labute approximate surface area is 119 Å². The Kier molecular flexibility index (Phi) is 3.58. The van der Waals surface area contributed by atoms with Crippen molar-refractivity contribution in [1.29, 1.82) is 0 Å². The summed E-state index contributed by atoms with van der Waals surface area (Å²) in [5.41, 5.74) is 3.23. The molecule has 1 aliphatic heterocycles. The minimum atomic E-state index is 0.517. The van der Waals surface area contributed by atoms with Crippen molar-refractivity contribution in [2.45, 2.75) is 32.6 Å². The molecule has 0 aromatic carbocycles. The Balaban J connectivity index is 1.70. The van der Waals surface area contributed by atoms with Gasteiger partial charge in [0.25, 0.3) is 0 Å². The summed E-state index contributed by atoms with van der Waals surface area (Å²) in [5.74, 6) is 1.55. The standard InChI is InChI=1S/C15H19N5/c1-11-9-14(19-10-18-11)20-7-3-13(4-8-20)15-12(2)16-5-6-17-15/h5-6,9-10,13H,3-4,7-8H2,1-2H3. The monoisotopic (exact) mass is 269 g/mol. The number of rotatable bonds is 2. The lowest BCUT2D eigenvalue weighted by molar-refractivity contribution is 0.489. The van der Waals surface area contributed by atoms with Crippen LogP contribution in [0.2, 0.25) is 0 Å². The Hall–Kier alpha value is -2.04. The number of anilines is 1. The highest BCUT2D eigenvalue weighted by Crippen LogP contribution is 2.29. The van der Waals surface area contributed by atoms with Crippen LogP contribution in [0.4, 0.5) is 5.82 Å². The van der Waals surface area contributed by atoms with Gasteiger partial charge in [-0.15, -0.1) is 0 Å². The van der Waals surface area contributed by atoms with Gasteiger partial charge in [-0.3, -0.25) is 9.97 Å². The van der Waals surface area contributed by atoms with E-state index >= 15 is 0 Å². The highest BCUT2D eigenvalue weighted by molar-refractivity contribution is 5.39. The second-order valence-electron chi connectivity index (χ2n) is 5.31. The molecule has 1 fully saturated rings. The maximum Gasteiger partial charge on any atom is 0.132 e. The van der Waals surface area contributed by atoms with Crippen molar-refractivity contribution in [3.63, 3.8) is 0 Å². The molecule has 1 aliphatic rings. The van der Waals surface area contributed by atoms with Gasteiger partial charge in [-0.25, -0.2) is 9.97 Å². The summed E-state index contributed by atoms with van der Waals surface area (Å²) in [7, 11) is 0. The molecule has 0 aliphatic carbocycles. The van der Waals surface area contributed by atoms with Crippen LogP contribution in [0.3, 0.4) is 0 Å². The van der Waals surface area contributed by atoms with Gasteiger partial charge >= 0.3 is 0 Å². The molecule has 0 radical (unpaired) electrons. The van der Waals surface area contributed by atoms with Crippen molar-refractivity contribution in [3.05, 3.63) is 41.9 Å². The number of hydrogen-bond donors (Lipinski definition) is 0. The van der Waals surface area contributed by atoms with Crippen LogP contribution < -0.4 is 4.90 Å². The van der Waals surface area contributed by atoms with Crippen LogP contribution in [0.5, 0.6) is 0 Å². The second kappa shape index (κ2) is 5.53. The summed E-state index contributed by atoms with van der Waals surface area (Å²) in [6.07, 6.45) is 7.40. The summed E-state index contributed by atoms with van der Waals surface area (Å²) in [6.45, 7) is 6.07. The number of nitrogens with zero attached hydrogens (tertiary/aromatic N) is 5. The lowest BCUT2D eigenvalue weighted by Crippen LogP contribution is -2.34. The second-order valence-corrected chi connectivity index (χ2v) is 5.31. The number of aromatic nitrogens is 4. The molecule has 2 aromatic rings. The van der Waals surface area contributed by atoms with E-state index in [0.29, 0.717) is 5.92 Å². The van der Waals surface area contributed by atoms with Gasteiger partial charge in [0.2, 0.25) is 0 Å². The molecule has 2 aromatic heterocycles. The van der Waals surface area contributed by atoms with Crippen molar-refractivity contribution >= 4 is 5.82 Å². The zero-order valence-corrected chi connectivity index (χ0v) is 12.0. The van der Waals surface area contributed by atoms with E-state index in [4.69, 9.17) is 0 Å². The van der Waals surface area contributed by atoms with Gasteiger partial charge < -0.3 is 4.90 Å². The van der Waals surface area contributed by atoms with Crippen LogP contribution in [0.25, 0.3) is 0 Å². The van der Waals surface area contributed by atoms with Crippen LogP contribution in [0.1, 0.15) is 35.8 Å². The first-order valence-corrected chi connectivity index (χ1v) is 7.05. The van der Waals surface area contributed by atoms with E-state index in [0.717, 1.165) is 48.8 Å². The fourth-order valence-electron chi connectivity index (χ4n) is 2.81. The zero-order chi connectivity index (χ0) is 13.9. The maximum atomic E-state index is 4.51. The van der Waals surface area contributed by atoms with Gasteiger partial charge in [0, 0.05) is 43.2 Å². The van der Waals surface area contributed by atoms with Gasteiger partial charge in [0.05, 0.1) is 11.4 Å². The average molecular weight is 269 g/mol. The zero-order valence-electron chi connectivity index (χ0n) is 12.0. The van der Waals surface area contributed by atoms with Gasteiger partial charge in [0.1, 0.15) is 12.1 Å². The molecular formula is C15H19N5. The Morgan fingerprint density at radius 3 is 2.45 bits per heavy atom. The van der Waals surface area contributed by atoms with Gasteiger partial charge in [-0.2, -0.15) is 0 Å². The van der Waals surface area contributed by atoms with Gasteiger partial charge in [-0.1, -0.05) is 0 Å². The van der Waals surface area contributed by atoms with E-state index in [1.165, 1.54) is 0 Å². The maximum absolute atomic E-state index is 4.51. The van der Waals surface area contributed by atoms with E-state index in [1.807, 2.05) is 19.9 Å². The molecule has 1 saturated heterocycles. The van der Waals surface area contributed by atoms with Gasteiger partial charge in [0.15, 0.2) is 0 Å². The topological polar surface area (TPSA) is 54.8 Å². The molecule has 5 heteroatoms. The minimum Gasteiger partial charge on any atom is -0.356 e. The SMILES string of the molecule is Cc1cc(N2CCC(c3nccnc3C)CC2)ncn1. The van der Waals surface area contributed by atoms with Gasteiger partial charge in [-0.05, 0) is 26.7 Å². The Morgan fingerprint density at radius 1 is 1.00 bits per heavy atom. The fourth-order valence-corrected chi connectivity index (χ4v) is 2.81. The molecule has 20 heavy (non-hydrogen) atoms. The quantitative estimate of drug-likeness (QED) is 0.837. The molecule has 3 rings (SSSR count). The summed E-state index contributed by atoms with van der Waals surface area (Å²) in [4.78, 5) is 19.7. The molecule has 5 nitrogen and oxygen atoms in total. The minimum absolute atomic E-state index is 0.517. The molecule has 0 unspecified atom stereocenters. The summed E-state index contributed by atoms with van der Waals surface area (Å²) < 4.78 is 0. The first-order valence-electron chi connectivity index (χ1n) is 7.05. The van der Waals surface area contributed by atoms with E-state index in [-0.39, 0.29) is 0 Å². The summed E-state index contributed by atoms with van der Waals surface area (Å²) >= 11 is 0. The molecule has 3 heterocycles. The normalized spacial score (nSPS) is 16.4. The predicted octanol–water partition coefficient (Wildman–Crippen LogP) is 2.27. The van der Waals surface area contributed by atoms with Crippen molar-refractivity contribution in [3.8, 4) is 0 Å². The van der Waals surface area contributed by atoms with Crippen LogP contribution >= 0.6 is 0 Å². The van der Waals surface area contributed by atoms with E-state index in [2.05, 4.69) is 24.8 Å². The highest BCUT2D eigenvalue weighted by Gasteiger charge is 2.23. The predicted molar refractivity (Wildman–Crippen MR) is 77.7 cm³/mol. The largest absolute Gasteiger partial charge is 0.356 e. The molecule has 0 bridgehead atoms. The Bertz CT molecular complexity index is 590. The van der Waals surface area contributed by atoms with Crippen molar-refractivity contribution in [2.75, 3.05) is 18.0 Å². The molecule has 0 N–H and O–H groups in total. The summed E-state index contributed by atoms with van der Waals surface area (Å²) in [5, 5.41) is 0. The number of piperidine rings is 1. The number of aryl methyl sites for hydroxylation is 2. The molecule has 104 valence electrons. The highest BCUT2D eigenvalue weighted by atomic mass is 15.2. The lowest BCUT2D eigenvalue weighted by Gasteiger charge is -2.32. The molecule has 0 saturated carbocycles. The summed E-state index contributed by atoms with van der Waals surface area (Å²) in [6, 6.07) is 2.05. The van der Waals surface area contributed by atoms with Crippen molar-refractivity contribution in [1.82, 2.24) is 19.9 Å². The molecular weight excluding hydrogens is 250 g/mol.